The number of rotatable bonds is 6. The third-order valence-corrected chi connectivity index (χ3v) is 4.44. The molecule has 2 aromatic heterocycles. The van der Waals surface area contributed by atoms with Gasteiger partial charge in [-0.3, -0.25) is 9.67 Å². The number of nitrogens with one attached hydrogen (secondary N) is 1. The van der Waals surface area contributed by atoms with Crippen LogP contribution in [0.15, 0.2) is 22.9 Å². The van der Waals surface area contributed by atoms with Gasteiger partial charge in [-0.1, -0.05) is 0 Å². The molecule has 3 rings (SSSR count). The van der Waals surface area contributed by atoms with Gasteiger partial charge in [-0.25, -0.2) is 0 Å². The van der Waals surface area contributed by atoms with Crippen molar-refractivity contribution in [2.75, 3.05) is 6.54 Å². The van der Waals surface area contributed by atoms with Gasteiger partial charge in [-0.15, -0.1) is 0 Å². The van der Waals surface area contributed by atoms with Crippen LogP contribution < -0.4 is 5.32 Å². The fraction of sp³-hybridized carbons (Fsp3) is 0.500. The van der Waals surface area contributed by atoms with Crippen LogP contribution in [0.1, 0.15) is 35.4 Å². The first-order valence-electron chi connectivity index (χ1n) is 7.49. The van der Waals surface area contributed by atoms with E-state index in [1.165, 1.54) is 24.1 Å². The van der Waals surface area contributed by atoms with Gasteiger partial charge in [0.25, 0.3) is 0 Å². The van der Waals surface area contributed by atoms with Gasteiger partial charge in [0.2, 0.25) is 0 Å². The first-order chi connectivity index (χ1) is 10.1. The van der Waals surface area contributed by atoms with E-state index in [0.717, 1.165) is 41.3 Å². The van der Waals surface area contributed by atoms with Gasteiger partial charge in [0, 0.05) is 28.6 Å². The first kappa shape index (κ1) is 14.7. The molecule has 0 aromatic carbocycles. The van der Waals surface area contributed by atoms with E-state index in [9.17, 15) is 0 Å². The van der Waals surface area contributed by atoms with E-state index >= 15 is 0 Å². The highest BCUT2D eigenvalue weighted by molar-refractivity contribution is 9.10. The normalized spacial score (nSPS) is 14.6. The molecule has 1 N–H and O–H groups in total. The van der Waals surface area contributed by atoms with Gasteiger partial charge in [-0.2, -0.15) is 5.10 Å². The molecule has 1 saturated carbocycles. The molecule has 1 fully saturated rings. The number of aryl methyl sites for hydroxylation is 1. The standard InChI is InChI=1S/C16H21BrN4/c1-11-16(5-6-19-15-3-4-15)12(2)21(20-11)10-13-7-14(17)9-18-8-13/h7-9,15,19H,3-6,10H2,1-2H3. The van der Waals surface area contributed by atoms with Crippen LogP contribution >= 0.6 is 15.9 Å². The minimum Gasteiger partial charge on any atom is -0.314 e. The van der Waals surface area contributed by atoms with Crippen molar-refractivity contribution in [3.63, 3.8) is 0 Å². The van der Waals surface area contributed by atoms with Crippen LogP contribution in [0.3, 0.4) is 0 Å². The Kier molecular flexibility index (Phi) is 4.40. The highest BCUT2D eigenvalue weighted by Crippen LogP contribution is 2.20. The van der Waals surface area contributed by atoms with Gasteiger partial charge >= 0.3 is 0 Å². The van der Waals surface area contributed by atoms with Crippen LogP contribution in [-0.4, -0.2) is 27.4 Å². The molecule has 0 bridgehead atoms. The van der Waals surface area contributed by atoms with Crippen LogP contribution in [0, 0.1) is 13.8 Å². The molecule has 0 radical (unpaired) electrons. The Morgan fingerprint density at radius 2 is 2.14 bits per heavy atom. The molecule has 5 heteroatoms. The Balaban J connectivity index is 1.70. The fourth-order valence-electron chi connectivity index (χ4n) is 2.65. The van der Waals surface area contributed by atoms with Crippen LogP contribution in [0.4, 0.5) is 0 Å². The molecule has 1 aliphatic rings. The third kappa shape index (κ3) is 3.71. The molecule has 4 nitrogen and oxygen atoms in total. The van der Waals surface area contributed by atoms with Gasteiger partial charge < -0.3 is 5.32 Å². The summed E-state index contributed by atoms with van der Waals surface area (Å²) < 4.78 is 3.10. The van der Waals surface area contributed by atoms with Crippen molar-refractivity contribution in [1.82, 2.24) is 20.1 Å². The molecular formula is C16H21BrN4. The summed E-state index contributed by atoms with van der Waals surface area (Å²) in [4.78, 5) is 4.22. The SMILES string of the molecule is Cc1nn(Cc2cncc(Br)c2)c(C)c1CCNC1CC1. The van der Waals surface area contributed by atoms with Crippen LogP contribution in [-0.2, 0) is 13.0 Å². The monoisotopic (exact) mass is 348 g/mol. The zero-order chi connectivity index (χ0) is 14.8. The Morgan fingerprint density at radius 3 is 2.86 bits per heavy atom. The van der Waals surface area contributed by atoms with Gasteiger partial charge in [0.15, 0.2) is 0 Å². The van der Waals surface area contributed by atoms with E-state index in [1.807, 2.05) is 6.20 Å². The number of halogens is 1. The van der Waals surface area contributed by atoms with Crippen molar-refractivity contribution in [2.45, 2.75) is 45.7 Å². The van der Waals surface area contributed by atoms with Gasteiger partial charge in [0.1, 0.15) is 0 Å². The van der Waals surface area contributed by atoms with Crippen LogP contribution in [0.2, 0.25) is 0 Å². The molecule has 0 atom stereocenters. The second-order valence-corrected chi connectivity index (χ2v) is 6.71. The number of pyridine rings is 1. The highest BCUT2D eigenvalue weighted by atomic mass is 79.9. The molecule has 112 valence electrons. The summed E-state index contributed by atoms with van der Waals surface area (Å²) in [6.07, 6.45) is 7.44. The topological polar surface area (TPSA) is 42.7 Å². The summed E-state index contributed by atoms with van der Waals surface area (Å²) in [5.74, 6) is 0. The lowest BCUT2D eigenvalue weighted by Crippen LogP contribution is -2.19. The zero-order valence-corrected chi connectivity index (χ0v) is 14.2. The second-order valence-electron chi connectivity index (χ2n) is 5.80. The lowest BCUT2D eigenvalue weighted by Gasteiger charge is -2.06. The van der Waals surface area contributed by atoms with Crippen molar-refractivity contribution < 1.29 is 0 Å². The van der Waals surface area contributed by atoms with Crippen molar-refractivity contribution in [3.05, 3.63) is 45.4 Å². The minimum absolute atomic E-state index is 0.772. The summed E-state index contributed by atoms with van der Waals surface area (Å²) in [7, 11) is 0. The van der Waals surface area contributed by atoms with Crippen molar-refractivity contribution in [1.29, 1.82) is 0 Å². The van der Waals surface area contributed by atoms with E-state index in [1.54, 1.807) is 6.20 Å². The largest absolute Gasteiger partial charge is 0.314 e. The molecule has 1 aliphatic carbocycles. The summed E-state index contributed by atoms with van der Waals surface area (Å²) in [5.41, 5.74) is 4.96. The summed E-state index contributed by atoms with van der Waals surface area (Å²) in [5, 5.41) is 8.27. The minimum atomic E-state index is 0.772. The second kappa shape index (κ2) is 6.28. The van der Waals surface area contributed by atoms with E-state index < -0.39 is 0 Å². The summed E-state index contributed by atoms with van der Waals surface area (Å²) in [6.45, 7) is 6.10. The molecule has 0 saturated heterocycles. The molecule has 2 aromatic rings. The average molecular weight is 349 g/mol. The third-order valence-electron chi connectivity index (χ3n) is 4.01. The molecular weight excluding hydrogens is 328 g/mol. The van der Waals surface area contributed by atoms with Gasteiger partial charge in [-0.05, 0) is 72.8 Å². The highest BCUT2D eigenvalue weighted by Gasteiger charge is 2.20. The van der Waals surface area contributed by atoms with Gasteiger partial charge in [0.05, 0.1) is 12.2 Å². The van der Waals surface area contributed by atoms with E-state index in [2.05, 4.69) is 50.8 Å². The maximum atomic E-state index is 4.69. The predicted molar refractivity (Wildman–Crippen MR) is 87.5 cm³/mol. The zero-order valence-electron chi connectivity index (χ0n) is 12.6. The molecule has 0 amide bonds. The quantitative estimate of drug-likeness (QED) is 0.872. The first-order valence-corrected chi connectivity index (χ1v) is 8.28. The summed E-state index contributed by atoms with van der Waals surface area (Å²) in [6, 6.07) is 2.87. The Morgan fingerprint density at radius 1 is 1.33 bits per heavy atom. The van der Waals surface area contributed by atoms with E-state index in [4.69, 9.17) is 5.10 Å². The smallest absolute Gasteiger partial charge is 0.0678 e. The Labute approximate surface area is 134 Å². The number of hydrogen-bond acceptors (Lipinski definition) is 3. The fourth-order valence-corrected chi connectivity index (χ4v) is 3.07. The maximum absolute atomic E-state index is 4.69. The molecule has 0 aliphatic heterocycles. The van der Waals surface area contributed by atoms with Crippen LogP contribution in [0.25, 0.3) is 0 Å². The van der Waals surface area contributed by atoms with Crippen molar-refractivity contribution >= 4 is 15.9 Å². The Bertz CT molecular complexity index is 631. The molecule has 0 spiro atoms. The number of aromatic nitrogens is 3. The van der Waals surface area contributed by atoms with Crippen molar-refractivity contribution in [2.24, 2.45) is 0 Å². The summed E-state index contributed by atoms with van der Waals surface area (Å²) >= 11 is 3.47. The maximum Gasteiger partial charge on any atom is 0.0678 e. The van der Waals surface area contributed by atoms with Crippen molar-refractivity contribution in [3.8, 4) is 0 Å². The lowest BCUT2D eigenvalue weighted by atomic mass is 10.1. The van der Waals surface area contributed by atoms with E-state index in [-0.39, 0.29) is 0 Å². The Hall–Kier alpha value is -1.20. The lowest BCUT2D eigenvalue weighted by molar-refractivity contribution is 0.652. The molecule has 0 unspecified atom stereocenters. The number of hydrogen-bond donors (Lipinski definition) is 1. The average Bonchev–Trinajstić information content (AvgIpc) is 3.22. The molecule has 2 heterocycles. The number of nitrogens with zero attached hydrogens (tertiary/aromatic N) is 3. The molecule has 21 heavy (non-hydrogen) atoms. The van der Waals surface area contributed by atoms with E-state index in [0.29, 0.717) is 0 Å². The van der Waals surface area contributed by atoms with Crippen LogP contribution in [0.5, 0.6) is 0 Å². The predicted octanol–water partition coefficient (Wildman–Crippen LogP) is 3.00.